The molecule has 1 aliphatic heterocycles. The Morgan fingerprint density at radius 1 is 0.788 bits per heavy atom. The molecule has 0 aromatic heterocycles. The molecule has 8 heteroatoms. The molecule has 2 atom stereocenters. The summed E-state index contributed by atoms with van der Waals surface area (Å²) in [7, 11) is 2.86. The molecule has 4 N–H and O–H groups in total. The number of methoxy groups -OCH3 is 2. The van der Waals surface area contributed by atoms with Crippen molar-refractivity contribution in [3.63, 3.8) is 0 Å². The van der Waals surface area contributed by atoms with Gasteiger partial charge in [0, 0.05) is 11.6 Å². The van der Waals surface area contributed by atoms with Crippen LogP contribution >= 0.6 is 0 Å². The number of hydrogen-bond acceptors (Lipinski definition) is 8. The first-order valence-electron chi connectivity index (χ1n) is 10.2. The van der Waals surface area contributed by atoms with Crippen molar-refractivity contribution in [3.8, 4) is 40.2 Å². The fourth-order valence-corrected chi connectivity index (χ4v) is 3.66. The van der Waals surface area contributed by atoms with E-state index in [1.54, 1.807) is 36.4 Å². The highest BCUT2D eigenvalue weighted by Crippen LogP contribution is 2.44. The van der Waals surface area contributed by atoms with Crippen molar-refractivity contribution in [1.82, 2.24) is 0 Å². The molecule has 0 saturated carbocycles. The van der Waals surface area contributed by atoms with Gasteiger partial charge < -0.3 is 39.4 Å². The highest BCUT2D eigenvalue weighted by molar-refractivity contribution is 5.72. The third kappa shape index (κ3) is 4.61. The van der Waals surface area contributed by atoms with Crippen molar-refractivity contribution in [2.45, 2.75) is 12.2 Å². The van der Waals surface area contributed by atoms with E-state index in [-0.39, 0.29) is 35.4 Å². The summed E-state index contributed by atoms with van der Waals surface area (Å²) in [6.45, 7) is -0.293. The summed E-state index contributed by atoms with van der Waals surface area (Å²) in [5, 5.41) is 39.4. The van der Waals surface area contributed by atoms with Crippen LogP contribution in [0, 0.1) is 0 Å². The summed E-state index contributed by atoms with van der Waals surface area (Å²) in [5.41, 5.74) is 2.02. The second kappa shape index (κ2) is 9.22. The lowest BCUT2D eigenvalue weighted by atomic mass is 10.0. The molecular formula is C25H24O8. The number of rotatable bonds is 6. The van der Waals surface area contributed by atoms with Gasteiger partial charge >= 0.3 is 0 Å². The molecule has 0 radical (unpaired) electrons. The molecule has 0 fully saturated rings. The first-order chi connectivity index (χ1) is 15.9. The van der Waals surface area contributed by atoms with Crippen LogP contribution in [0.15, 0.2) is 48.5 Å². The predicted molar refractivity (Wildman–Crippen MR) is 121 cm³/mol. The van der Waals surface area contributed by atoms with Crippen LogP contribution in [-0.2, 0) is 0 Å². The average Bonchev–Trinajstić information content (AvgIpc) is 2.81. The SMILES string of the molecule is COc1cc([C@@H]2Oc3cc(/C=C/c4cc(O)cc(O)c4)ccc3O[C@H]2CO)cc(OC)c1O. The van der Waals surface area contributed by atoms with E-state index in [0.717, 1.165) is 5.56 Å². The summed E-state index contributed by atoms with van der Waals surface area (Å²) in [6.07, 6.45) is 2.17. The zero-order valence-corrected chi connectivity index (χ0v) is 18.1. The molecule has 0 unspecified atom stereocenters. The van der Waals surface area contributed by atoms with Crippen molar-refractivity contribution >= 4 is 12.2 Å². The Kier molecular flexibility index (Phi) is 6.19. The summed E-state index contributed by atoms with van der Waals surface area (Å²) < 4.78 is 22.6. The summed E-state index contributed by atoms with van der Waals surface area (Å²) >= 11 is 0. The van der Waals surface area contributed by atoms with E-state index in [0.29, 0.717) is 22.6 Å². The van der Waals surface area contributed by atoms with Gasteiger partial charge in [0.1, 0.15) is 11.5 Å². The van der Waals surface area contributed by atoms with Gasteiger partial charge in [-0.3, -0.25) is 0 Å². The molecule has 3 aromatic carbocycles. The molecule has 0 amide bonds. The zero-order chi connectivity index (χ0) is 23.5. The van der Waals surface area contributed by atoms with Gasteiger partial charge in [0.25, 0.3) is 0 Å². The molecule has 0 saturated heterocycles. The molecule has 0 bridgehead atoms. The summed E-state index contributed by atoms with van der Waals surface area (Å²) in [5.74, 6) is 1.17. The molecule has 3 aromatic rings. The second-order valence-electron chi connectivity index (χ2n) is 7.47. The molecule has 0 aliphatic carbocycles. The molecule has 1 heterocycles. The number of aliphatic hydroxyl groups excluding tert-OH is 1. The Morgan fingerprint density at radius 2 is 1.42 bits per heavy atom. The van der Waals surface area contributed by atoms with E-state index in [2.05, 4.69) is 0 Å². The van der Waals surface area contributed by atoms with Gasteiger partial charge in [-0.1, -0.05) is 18.2 Å². The number of fused-ring (bicyclic) bond motifs is 1. The number of hydrogen-bond donors (Lipinski definition) is 4. The monoisotopic (exact) mass is 452 g/mol. The fraction of sp³-hybridized carbons (Fsp3) is 0.200. The number of benzene rings is 3. The number of phenolic OH excluding ortho intramolecular Hbond substituents is 3. The zero-order valence-electron chi connectivity index (χ0n) is 18.1. The second-order valence-corrected chi connectivity index (χ2v) is 7.47. The lowest BCUT2D eigenvalue weighted by Gasteiger charge is -2.33. The van der Waals surface area contributed by atoms with Crippen LogP contribution in [0.25, 0.3) is 12.2 Å². The number of aliphatic hydroxyl groups is 1. The van der Waals surface area contributed by atoms with E-state index in [1.807, 2.05) is 6.07 Å². The molecule has 4 rings (SSSR count). The van der Waals surface area contributed by atoms with Crippen molar-refractivity contribution in [2.24, 2.45) is 0 Å². The van der Waals surface area contributed by atoms with Crippen LogP contribution in [0.5, 0.6) is 40.2 Å². The van der Waals surface area contributed by atoms with Crippen molar-refractivity contribution in [3.05, 3.63) is 65.2 Å². The third-order valence-corrected chi connectivity index (χ3v) is 5.24. The summed E-state index contributed by atoms with van der Waals surface area (Å²) in [6, 6.07) is 12.9. The van der Waals surface area contributed by atoms with E-state index in [4.69, 9.17) is 18.9 Å². The largest absolute Gasteiger partial charge is 0.508 e. The topological polar surface area (TPSA) is 118 Å². The Hall–Kier alpha value is -4.04. The Morgan fingerprint density at radius 3 is 2.03 bits per heavy atom. The minimum absolute atomic E-state index is 0.0329. The lowest BCUT2D eigenvalue weighted by Crippen LogP contribution is -2.36. The fourth-order valence-electron chi connectivity index (χ4n) is 3.66. The van der Waals surface area contributed by atoms with E-state index in [1.165, 1.54) is 32.4 Å². The highest BCUT2D eigenvalue weighted by Gasteiger charge is 2.34. The lowest BCUT2D eigenvalue weighted by molar-refractivity contribution is -0.0124. The van der Waals surface area contributed by atoms with Crippen molar-refractivity contribution in [2.75, 3.05) is 20.8 Å². The van der Waals surface area contributed by atoms with Crippen LogP contribution in [0.2, 0.25) is 0 Å². The van der Waals surface area contributed by atoms with E-state index >= 15 is 0 Å². The smallest absolute Gasteiger partial charge is 0.200 e. The van der Waals surface area contributed by atoms with Gasteiger partial charge in [0.05, 0.1) is 20.8 Å². The Balaban J connectivity index is 1.65. The van der Waals surface area contributed by atoms with E-state index < -0.39 is 12.2 Å². The van der Waals surface area contributed by atoms with Gasteiger partial charge in [-0.2, -0.15) is 0 Å². The summed E-state index contributed by atoms with van der Waals surface area (Å²) in [4.78, 5) is 0. The van der Waals surface area contributed by atoms with E-state index in [9.17, 15) is 20.4 Å². The minimum atomic E-state index is -0.687. The quantitative estimate of drug-likeness (QED) is 0.417. The number of ether oxygens (including phenoxy) is 4. The molecule has 0 spiro atoms. The van der Waals surface area contributed by atoms with Gasteiger partial charge in [0.2, 0.25) is 5.75 Å². The van der Waals surface area contributed by atoms with Crippen LogP contribution in [0.4, 0.5) is 0 Å². The normalized spacial score (nSPS) is 17.2. The van der Waals surface area contributed by atoms with Crippen molar-refractivity contribution in [1.29, 1.82) is 0 Å². The Labute approximate surface area is 190 Å². The van der Waals surface area contributed by atoms with Crippen LogP contribution in [0.1, 0.15) is 22.8 Å². The standard InChI is InChI=1S/C25H24O8/c1-30-21-10-16(11-22(31-2)24(21)29)25-23(13-26)32-19-6-5-14(9-20(19)33-25)3-4-15-7-17(27)12-18(28)8-15/h3-12,23,25-29H,13H2,1-2H3/b4-3+/t23-,25-/m0/s1. The predicted octanol–water partition coefficient (Wildman–Crippen LogP) is 3.86. The third-order valence-electron chi connectivity index (χ3n) is 5.24. The highest BCUT2D eigenvalue weighted by atomic mass is 16.6. The molecular weight excluding hydrogens is 428 g/mol. The first-order valence-corrected chi connectivity index (χ1v) is 10.2. The van der Waals surface area contributed by atoms with Gasteiger partial charge in [-0.05, 0) is 47.5 Å². The number of phenols is 3. The number of aromatic hydroxyl groups is 3. The average molecular weight is 452 g/mol. The van der Waals surface area contributed by atoms with Crippen LogP contribution in [-0.4, -0.2) is 47.4 Å². The molecule has 33 heavy (non-hydrogen) atoms. The maximum Gasteiger partial charge on any atom is 0.200 e. The van der Waals surface area contributed by atoms with Crippen LogP contribution in [0.3, 0.4) is 0 Å². The maximum absolute atomic E-state index is 10.2. The van der Waals surface area contributed by atoms with Crippen LogP contribution < -0.4 is 18.9 Å². The van der Waals surface area contributed by atoms with Gasteiger partial charge in [-0.25, -0.2) is 0 Å². The first kappa shape index (κ1) is 22.2. The minimum Gasteiger partial charge on any atom is -0.508 e. The molecule has 8 nitrogen and oxygen atoms in total. The molecule has 1 aliphatic rings. The molecule has 172 valence electrons. The van der Waals surface area contributed by atoms with Gasteiger partial charge in [-0.15, -0.1) is 0 Å². The maximum atomic E-state index is 10.2. The Bertz CT molecular complexity index is 1140. The van der Waals surface area contributed by atoms with Crippen molar-refractivity contribution < 1.29 is 39.4 Å². The van der Waals surface area contributed by atoms with Gasteiger partial charge in [0.15, 0.2) is 35.2 Å².